The fourth-order valence-corrected chi connectivity index (χ4v) is 3.46. The molecule has 0 aliphatic carbocycles. The van der Waals surface area contributed by atoms with Crippen molar-refractivity contribution in [2.75, 3.05) is 0 Å². The minimum absolute atomic E-state index is 0.778. The molecule has 146 valence electrons. The molecule has 4 aromatic rings. The van der Waals surface area contributed by atoms with Gasteiger partial charge in [0.2, 0.25) is 0 Å². The Morgan fingerprint density at radius 2 is 1.10 bits per heavy atom. The highest BCUT2D eigenvalue weighted by molar-refractivity contribution is 7.78. The number of benzene rings is 4. The molecule has 0 aromatic heterocycles. The van der Waals surface area contributed by atoms with Crippen molar-refractivity contribution >= 4 is 43.1 Å². The van der Waals surface area contributed by atoms with Gasteiger partial charge in [-0.3, -0.25) is 0 Å². The van der Waals surface area contributed by atoms with Gasteiger partial charge >= 0.3 is 0 Å². The second-order valence-corrected chi connectivity index (χ2v) is 7.52. The minimum Gasteiger partial charge on any atom is -0.195 e. The van der Waals surface area contributed by atoms with Crippen molar-refractivity contribution in [1.82, 2.24) is 0 Å². The van der Waals surface area contributed by atoms with E-state index >= 15 is 0 Å². The second kappa shape index (κ2) is 10.00. The van der Waals surface area contributed by atoms with Gasteiger partial charge in [0.1, 0.15) is 0 Å². The van der Waals surface area contributed by atoms with Gasteiger partial charge in [0, 0.05) is 22.3 Å². The molecule has 0 fully saturated rings. The molecule has 0 aliphatic rings. The zero-order valence-corrected chi connectivity index (χ0v) is 18.7. The van der Waals surface area contributed by atoms with Crippen molar-refractivity contribution in [3.8, 4) is 23.7 Å². The van der Waals surface area contributed by atoms with Crippen LogP contribution in [0.2, 0.25) is 0 Å². The van der Waals surface area contributed by atoms with E-state index in [0.29, 0.717) is 0 Å². The van der Waals surface area contributed by atoms with E-state index in [2.05, 4.69) is 91.7 Å². The first kappa shape index (κ1) is 20.8. The highest BCUT2D eigenvalue weighted by Gasteiger charge is 1.97. The molecule has 0 N–H and O–H groups in total. The number of isothiocyanates is 1. The standard InChI is InChI=1S/C28H18NPS/c30-19-25-10-14-26-17-24(9-13-27(26)18-25)8-7-22-3-1-21(2-4-22)5-6-23-11-15-28(16-12-23)29-20-31/h1-4,9-18H,19,30H2. The summed E-state index contributed by atoms with van der Waals surface area (Å²) in [5, 5.41) is 4.81. The Morgan fingerprint density at radius 3 is 1.68 bits per heavy atom. The van der Waals surface area contributed by atoms with Gasteiger partial charge in [-0.1, -0.05) is 47.9 Å². The molecule has 3 heteroatoms. The van der Waals surface area contributed by atoms with Crippen LogP contribution in [0.15, 0.2) is 89.9 Å². The average molecular weight is 432 g/mol. The number of hydrogen-bond donors (Lipinski definition) is 0. The maximum atomic E-state index is 4.61. The van der Waals surface area contributed by atoms with Crippen LogP contribution >= 0.6 is 21.5 Å². The zero-order chi connectivity index (χ0) is 21.5. The van der Waals surface area contributed by atoms with Crippen molar-refractivity contribution in [3.63, 3.8) is 0 Å². The summed E-state index contributed by atoms with van der Waals surface area (Å²) < 4.78 is 0. The average Bonchev–Trinajstić information content (AvgIpc) is 2.82. The molecular formula is C28H18NPS. The number of thiocarbonyl (C=S) groups is 1. The van der Waals surface area contributed by atoms with Crippen molar-refractivity contribution < 1.29 is 0 Å². The van der Waals surface area contributed by atoms with Gasteiger partial charge in [-0.2, -0.15) is 4.99 Å². The molecule has 1 nitrogen and oxygen atoms in total. The molecule has 1 unspecified atom stereocenters. The summed E-state index contributed by atoms with van der Waals surface area (Å²) in [4.78, 5) is 3.94. The van der Waals surface area contributed by atoms with Crippen LogP contribution in [0.25, 0.3) is 10.8 Å². The predicted molar refractivity (Wildman–Crippen MR) is 137 cm³/mol. The second-order valence-electron chi connectivity index (χ2n) is 6.93. The number of hydrogen-bond acceptors (Lipinski definition) is 2. The molecular weight excluding hydrogens is 413 g/mol. The summed E-state index contributed by atoms with van der Waals surface area (Å²) in [5.74, 6) is 12.8. The van der Waals surface area contributed by atoms with Gasteiger partial charge in [0.25, 0.3) is 0 Å². The van der Waals surface area contributed by atoms with Crippen molar-refractivity contribution in [2.45, 2.75) is 6.16 Å². The van der Waals surface area contributed by atoms with Gasteiger partial charge in [0.05, 0.1) is 10.8 Å². The SMILES string of the molecule is PCc1ccc2cc(C#Cc3ccc(C#Cc4ccc(N=C=S)cc4)cc3)ccc2c1. The first-order valence-electron chi connectivity index (χ1n) is 9.78. The summed E-state index contributed by atoms with van der Waals surface area (Å²) in [7, 11) is 2.77. The molecule has 1 atom stereocenters. The fourth-order valence-electron chi connectivity index (χ4n) is 3.10. The van der Waals surface area contributed by atoms with Gasteiger partial charge < -0.3 is 0 Å². The molecule has 0 saturated carbocycles. The number of nitrogens with zero attached hydrogens (tertiary/aromatic N) is 1. The Bertz CT molecular complexity index is 1410. The first-order valence-corrected chi connectivity index (χ1v) is 11.0. The third-order valence-corrected chi connectivity index (χ3v) is 5.33. The van der Waals surface area contributed by atoms with Crippen molar-refractivity contribution in [1.29, 1.82) is 0 Å². The summed E-state index contributed by atoms with van der Waals surface area (Å²) in [5.41, 5.74) is 5.94. The van der Waals surface area contributed by atoms with Crippen LogP contribution in [0.3, 0.4) is 0 Å². The van der Waals surface area contributed by atoms with Crippen LogP contribution in [-0.4, -0.2) is 5.16 Å². The molecule has 0 bridgehead atoms. The molecule has 4 rings (SSSR count). The van der Waals surface area contributed by atoms with Crippen LogP contribution in [0, 0.1) is 23.7 Å². The molecule has 0 saturated heterocycles. The number of aliphatic imine (C=N–C) groups is 1. The lowest BCUT2D eigenvalue weighted by Crippen LogP contribution is -1.81. The maximum absolute atomic E-state index is 4.61. The molecule has 31 heavy (non-hydrogen) atoms. The number of rotatable bonds is 2. The Morgan fingerprint density at radius 1 is 0.613 bits per heavy atom. The van der Waals surface area contributed by atoms with E-state index in [9.17, 15) is 0 Å². The summed E-state index contributed by atoms with van der Waals surface area (Å²) >= 11 is 4.61. The lowest BCUT2D eigenvalue weighted by Gasteiger charge is -2.01. The quantitative estimate of drug-likeness (QED) is 0.148. The molecule has 0 heterocycles. The lowest BCUT2D eigenvalue weighted by molar-refractivity contribution is 1.44. The van der Waals surface area contributed by atoms with Crippen LogP contribution in [0.1, 0.15) is 27.8 Å². The molecule has 4 aromatic carbocycles. The van der Waals surface area contributed by atoms with E-state index in [0.717, 1.165) is 34.1 Å². The summed E-state index contributed by atoms with van der Waals surface area (Å²) in [6.45, 7) is 0. The highest BCUT2D eigenvalue weighted by atomic mass is 32.1. The topological polar surface area (TPSA) is 12.4 Å². The first-order chi connectivity index (χ1) is 15.2. The van der Waals surface area contributed by atoms with Crippen LogP contribution in [0.5, 0.6) is 0 Å². The Labute approximate surface area is 190 Å². The van der Waals surface area contributed by atoms with Crippen LogP contribution < -0.4 is 0 Å². The van der Waals surface area contributed by atoms with Gasteiger partial charge in [-0.25, -0.2) is 0 Å². The summed E-state index contributed by atoms with van der Waals surface area (Å²) in [6.07, 6.45) is 0.966. The van der Waals surface area contributed by atoms with Crippen LogP contribution in [-0.2, 0) is 6.16 Å². The zero-order valence-electron chi connectivity index (χ0n) is 16.7. The summed E-state index contributed by atoms with van der Waals surface area (Å²) in [6, 6.07) is 28.5. The maximum Gasteiger partial charge on any atom is 0.0740 e. The minimum atomic E-state index is 0.778. The van der Waals surface area contributed by atoms with Crippen molar-refractivity contribution in [2.24, 2.45) is 4.99 Å². The van der Waals surface area contributed by atoms with E-state index in [4.69, 9.17) is 0 Å². The van der Waals surface area contributed by atoms with E-state index in [1.807, 2.05) is 48.5 Å². The third kappa shape index (κ3) is 5.55. The normalized spacial score (nSPS) is 9.71. The molecule has 0 amide bonds. The Hall–Kier alpha value is -3.51. The van der Waals surface area contributed by atoms with E-state index in [-0.39, 0.29) is 0 Å². The molecule has 0 radical (unpaired) electrons. The Kier molecular flexibility index (Phi) is 6.69. The lowest BCUT2D eigenvalue weighted by atomic mass is 10.0. The van der Waals surface area contributed by atoms with Crippen LogP contribution in [0.4, 0.5) is 5.69 Å². The van der Waals surface area contributed by atoms with E-state index < -0.39 is 0 Å². The number of fused-ring (bicyclic) bond motifs is 1. The fraction of sp³-hybridized carbons (Fsp3) is 0.0357. The van der Waals surface area contributed by atoms with Gasteiger partial charge in [-0.15, -0.1) is 9.24 Å². The third-order valence-electron chi connectivity index (χ3n) is 4.77. The largest absolute Gasteiger partial charge is 0.195 e. The molecule has 0 spiro atoms. The monoisotopic (exact) mass is 431 g/mol. The van der Waals surface area contributed by atoms with Crippen molar-refractivity contribution in [3.05, 3.63) is 113 Å². The predicted octanol–water partition coefficient (Wildman–Crippen LogP) is 6.75. The van der Waals surface area contributed by atoms with Gasteiger partial charge in [0.15, 0.2) is 0 Å². The molecule has 0 aliphatic heterocycles. The Balaban J connectivity index is 1.48. The van der Waals surface area contributed by atoms with E-state index in [1.54, 1.807) is 0 Å². The van der Waals surface area contributed by atoms with E-state index in [1.165, 1.54) is 16.3 Å². The smallest absolute Gasteiger partial charge is 0.0740 e. The van der Waals surface area contributed by atoms with Gasteiger partial charge in [-0.05, 0) is 95.4 Å². The highest BCUT2D eigenvalue weighted by Crippen LogP contribution is 2.19.